The maximum Gasteiger partial charge on any atom is 0.308 e. The molecule has 454 valence electrons. The molecule has 1 heterocycles. The topological polar surface area (TPSA) is 264 Å². The van der Waals surface area contributed by atoms with Gasteiger partial charge in [-0.25, -0.2) is 0 Å². The van der Waals surface area contributed by atoms with Gasteiger partial charge in [0.2, 0.25) is 0 Å². The number of nitrogens with zero attached hydrogens (tertiary/aromatic N) is 1. The molecule has 0 unspecified atom stereocenters. The van der Waals surface area contributed by atoms with Gasteiger partial charge in [-0.3, -0.25) is 24.1 Å². The summed E-state index contributed by atoms with van der Waals surface area (Å²) in [6.45, 7) is 26.4. The Bertz CT molecular complexity index is 1560. The number of fused-ring (bicyclic) bond motifs is 1. The zero-order chi connectivity index (χ0) is 57.1. The third kappa shape index (κ3) is 46.4. The van der Waals surface area contributed by atoms with Crippen molar-refractivity contribution in [3.63, 3.8) is 0 Å². The van der Waals surface area contributed by atoms with Gasteiger partial charge >= 0.3 is 11.9 Å². The van der Waals surface area contributed by atoms with Crippen molar-refractivity contribution in [3.8, 4) is 0 Å². The first kappa shape index (κ1) is 72.6. The van der Waals surface area contributed by atoms with Gasteiger partial charge in [-0.1, -0.05) is 12.1 Å². The maximum absolute atomic E-state index is 12.3. The van der Waals surface area contributed by atoms with Gasteiger partial charge in [-0.2, -0.15) is 0 Å². The highest BCUT2D eigenvalue weighted by atomic mass is 16.6. The van der Waals surface area contributed by atoms with E-state index in [9.17, 15) is 19.2 Å². The van der Waals surface area contributed by atoms with Crippen molar-refractivity contribution in [1.82, 2.24) is 4.90 Å². The van der Waals surface area contributed by atoms with Crippen molar-refractivity contribution < 1.29 is 104 Å². The molecule has 0 atom stereocenters. The second-order valence-electron chi connectivity index (χ2n) is 18.6. The second kappa shape index (κ2) is 50.6. The van der Waals surface area contributed by atoms with Gasteiger partial charge in [-0.05, 0) is 53.7 Å². The van der Waals surface area contributed by atoms with Gasteiger partial charge in [0.15, 0.2) is 0 Å². The number of hydrogen-bond acceptors (Lipinski definition) is 23. The molecule has 0 saturated heterocycles. The first-order valence-electron chi connectivity index (χ1n) is 27.1. The van der Waals surface area contributed by atoms with Crippen LogP contribution in [0.2, 0.25) is 0 Å². The van der Waals surface area contributed by atoms with Crippen LogP contribution in [-0.2, 0) is 94.9 Å². The lowest BCUT2D eigenvalue weighted by atomic mass is 10.1. The Morgan fingerprint density at radius 2 is 0.551 bits per heavy atom. The summed E-state index contributed by atoms with van der Waals surface area (Å²) >= 11 is 0. The fourth-order valence-electron chi connectivity index (χ4n) is 6.06. The minimum absolute atomic E-state index is 0.211. The van der Waals surface area contributed by atoms with Crippen molar-refractivity contribution >= 4 is 23.8 Å². The number of benzene rings is 1. The zero-order valence-corrected chi connectivity index (χ0v) is 47.8. The summed E-state index contributed by atoms with van der Waals surface area (Å²) in [6, 6.07) is 6.81. The van der Waals surface area contributed by atoms with E-state index >= 15 is 0 Å². The largest absolute Gasteiger partial charge is 0.460 e. The number of imide groups is 1. The van der Waals surface area contributed by atoms with Crippen LogP contribution in [0.4, 0.5) is 0 Å². The third-order valence-corrected chi connectivity index (χ3v) is 9.55. The highest BCUT2D eigenvalue weighted by molar-refractivity contribution is 6.21. The first-order chi connectivity index (χ1) is 37.7. The van der Waals surface area contributed by atoms with Gasteiger partial charge in [0.05, 0.1) is 242 Å². The number of amides is 2. The molecular formula is C54H96N2O22. The fourth-order valence-corrected chi connectivity index (χ4v) is 6.06. The van der Waals surface area contributed by atoms with Gasteiger partial charge in [0, 0.05) is 6.54 Å². The van der Waals surface area contributed by atoms with Crippen LogP contribution in [0.1, 0.15) is 75.1 Å². The van der Waals surface area contributed by atoms with E-state index in [1.165, 1.54) is 4.90 Å². The van der Waals surface area contributed by atoms with Gasteiger partial charge in [0.1, 0.15) is 11.2 Å². The van der Waals surface area contributed by atoms with E-state index < -0.39 is 11.2 Å². The van der Waals surface area contributed by atoms with E-state index in [1.54, 1.807) is 24.3 Å². The summed E-state index contributed by atoms with van der Waals surface area (Å²) in [5.74, 6) is -1.09. The predicted octanol–water partition coefficient (Wildman–Crippen LogP) is 2.96. The summed E-state index contributed by atoms with van der Waals surface area (Å²) in [5, 5.41) is 0. The predicted molar refractivity (Wildman–Crippen MR) is 285 cm³/mol. The van der Waals surface area contributed by atoms with Crippen LogP contribution >= 0.6 is 0 Å². The maximum atomic E-state index is 12.3. The number of carbonyl (C=O) groups is 4. The normalized spacial score (nSPS) is 12.5. The van der Waals surface area contributed by atoms with Crippen LogP contribution in [0, 0.1) is 0 Å². The molecule has 2 amide bonds. The monoisotopic (exact) mass is 1120 g/mol. The molecule has 2 N–H and O–H groups in total. The van der Waals surface area contributed by atoms with Crippen molar-refractivity contribution in [1.29, 1.82) is 0 Å². The van der Waals surface area contributed by atoms with Gasteiger partial charge in [-0.15, -0.1) is 0 Å². The number of rotatable bonds is 53. The van der Waals surface area contributed by atoms with Gasteiger partial charge in [0.25, 0.3) is 11.8 Å². The molecule has 0 radical (unpaired) electrons. The number of nitrogens with two attached hydrogens (primary N) is 1. The molecule has 24 heteroatoms. The molecule has 0 saturated carbocycles. The Morgan fingerprint density at radius 1 is 0.346 bits per heavy atom. The quantitative estimate of drug-likeness (QED) is 0.0558. The molecular weight excluding hydrogens is 1030 g/mol. The summed E-state index contributed by atoms with van der Waals surface area (Å²) in [7, 11) is 0. The number of carbonyl (C=O) groups excluding carboxylic acids is 4. The lowest BCUT2D eigenvalue weighted by Crippen LogP contribution is -2.33. The van der Waals surface area contributed by atoms with E-state index in [1.807, 2.05) is 41.5 Å². The zero-order valence-electron chi connectivity index (χ0n) is 47.8. The van der Waals surface area contributed by atoms with E-state index in [-0.39, 0.29) is 49.7 Å². The van der Waals surface area contributed by atoms with Gasteiger partial charge < -0.3 is 91.0 Å². The summed E-state index contributed by atoms with van der Waals surface area (Å²) < 4.78 is 96.8. The van der Waals surface area contributed by atoms with Crippen LogP contribution in [-0.4, -0.2) is 264 Å². The standard InChI is InChI=1S/C31H49NO12.C23H47NO10/c1-31(2,3)44-28(33)8-10-36-12-14-38-16-18-40-20-22-42-24-25-43-23-21-41-19-17-39-15-13-37-11-9-32-29(34)26-6-4-5-7-27(26)30(32)35;1-23(2,3)34-22(25)4-6-26-8-10-28-12-14-30-16-18-32-20-21-33-19-17-31-15-13-29-11-9-27-7-5-24/h4-7H,8-25H2,1-3H3;4-21,24H2,1-3H3. The molecule has 0 fully saturated rings. The molecule has 0 spiro atoms. The Balaban J connectivity index is 0.000000809. The Labute approximate surface area is 463 Å². The SMILES string of the molecule is CC(C)(C)OC(=O)CCOCCOCCOCCOCCOCCOCCOCCOCCN.CC(C)(C)OC(=O)CCOCCOCCOCCOCCOCCOCCOCCOCCN1C(=O)c2ccccc2C1=O. The summed E-state index contributed by atoms with van der Waals surface area (Å²) in [4.78, 5) is 48.8. The fraction of sp³-hybridized carbons (Fsp3) is 0.815. The van der Waals surface area contributed by atoms with Crippen molar-refractivity contribution in [3.05, 3.63) is 35.4 Å². The molecule has 0 aliphatic carbocycles. The summed E-state index contributed by atoms with van der Waals surface area (Å²) in [5.41, 5.74) is 5.25. The number of hydrogen-bond donors (Lipinski definition) is 1. The van der Waals surface area contributed by atoms with Crippen molar-refractivity contribution in [2.24, 2.45) is 5.73 Å². The molecule has 2 rings (SSSR count). The summed E-state index contributed by atoms with van der Waals surface area (Å²) in [6.07, 6.45) is 0.462. The third-order valence-electron chi connectivity index (χ3n) is 9.55. The lowest BCUT2D eigenvalue weighted by molar-refractivity contribution is -0.157. The molecule has 0 bridgehead atoms. The average molecular weight is 1130 g/mol. The highest BCUT2D eigenvalue weighted by Crippen LogP contribution is 2.22. The van der Waals surface area contributed by atoms with E-state index in [0.717, 1.165) is 0 Å². The van der Waals surface area contributed by atoms with Crippen molar-refractivity contribution in [2.45, 2.75) is 65.6 Å². The van der Waals surface area contributed by atoms with E-state index in [4.69, 9.17) is 91.0 Å². The molecule has 1 aliphatic heterocycles. The second-order valence-corrected chi connectivity index (χ2v) is 18.6. The first-order valence-corrected chi connectivity index (χ1v) is 27.1. The Hall–Kier alpha value is -3.38. The number of esters is 2. The van der Waals surface area contributed by atoms with Crippen LogP contribution in [0.3, 0.4) is 0 Å². The molecule has 24 nitrogen and oxygen atoms in total. The lowest BCUT2D eigenvalue weighted by Gasteiger charge is -2.19. The number of ether oxygens (including phenoxy) is 18. The Kier molecular flexibility index (Phi) is 47.1. The molecule has 0 aromatic heterocycles. The molecule has 78 heavy (non-hydrogen) atoms. The van der Waals surface area contributed by atoms with Crippen molar-refractivity contribution in [2.75, 3.05) is 225 Å². The van der Waals surface area contributed by atoms with Crippen LogP contribution in [0.25, 0.3) is 0 Å². The average Bonchev–Trinajstić information content (AvgIpc) is 3.70. The molecule has 1 aliphatic rings. The smallest absolute Gasteiger partial charge is 0.308 e. The minimum Gasteiger partial charge on any atom is -0.460 e. The Morgan fingerprint density at radius 3 is 0.769 bits per heavy atom. The van der Waals surface area contributed by atoms with Crippen LogP contribution in [0.15, 0.2) is 24.3 Å². The molecule has 1 aromatic rings. The minimum atomic E-state index is -0.480. The molecule has 1 aromatic carbocycles. The van der Waals surface area contributed by atoms with Crippen LogP contribution in [0.5, 0.6) is 0 Å². The highest BCUT2D eigenvalue weighted by Gasteiger charge is 2.34. The van der Waals surface area contributed by atoms with Crippen LogP contribution < -0.4 is 5.73 Å². The van der Waals surface area contributed by atoms with E-state index in [0.29, 0.717) is 222 Å². The van der Waals surface area contributed by atoms with E-state index in [2.05, 4.69) is 0 Å².